The minimum Gasteiger partial charge on any atom is -0.494 e. The fourth-order valence-electron chi connectivity index (χ4n) is 4.33. The number of aryl methyl sites for hydroxylation is 1. The standard InChI is InChI=1S/C28H21BrF10N2O4/c1-4-41(24(43)16-9-8-15(30)10-13(16)2)19-7-5-6-17(22(19)44-3)23(42)40-21-18(29)11-14(12-20(21)45-25(31)32)26(33,27(34,35)36)28(37,38)39/h5-12,25H,4H2,1-3H3,(H,40,42). The SMILES string of the molecule is CCN(C(=O)c1ccc(F)cc1C)c1cccc(C(=O)Nc2c(Br)cc(C(F)(C(F)(F)F)C(F)(F)F)cc2OC(F)F)c1OC. The number of alkyl halides is 9. The average molecular weight is 719 g/mol. The van der Waals surface area contributed by atoms with E-state index in [0.29, 0.717) is 5.56 Å². The van der Waals surface area contributed by atoms with E-state index in [9.17, 15) is 53.5 Å². The maximum absolute atomic E-state index is 14.7. The molecule has 3 rings (SSSR count). The topological polar surface area (TPSA) is 67.9 Å². The summed E-state index contributed by atoms with van der Waals surface area (Å²) in [6.07, 6.45) is -13.1. The summed E-state index contributed by atoms with van der Waals surface area (Å²) in [5.41, 5.74) is -9.00. The highest BCUT2D eigenvalue weighted by atomic mass is 79.9. The molecule has 0 radical (unpaired) electrons. The zero-order valence-corrected chi connectivity index (χ0v) is 24.7. The van der Waals surface area contributed by atoms with E-state index in [1.807, 2.05) is 5.32 Å². The fraction of sp³-hybridized carbons (Fsp3) is 0.286. The van der Waals surface area contributed by atoms with E-state index < -0.39 is 63.7 Å². The van der Waals surface area contributed by atoms with Crippen LogP contribution in [0.1, 0.15) is 38.8 Å². The van der Waals surface area contributed by atoms with Crippen LogP contribution in [0.25, 0.3) is 0 Å². The Labute approximate surface area is 257 Å². The van der Waals surface area contributed by atoms with Crippen molar-refractivity contribution in [2.45, 2.75) is 38.5 Å². The summed E-state index contributed by atoms with van der Waals surface area (Å²) in [5.74, 6) is -4.12. The van der Waals surface area contributed by atoms with Crippen molar-refractivity contribution < 1.29 is 63.0 Å². The van der Waals surface area contributed by atoms with Crippen LogP contribution in [-0.2, 0) is 5.67 Å². The fourth-order valence-corrected chi connectivity index (χ4v) is 4.87. The van der Waals surface area contributed by atoms with Crippen LogP contribution in [0.4, 0.5) is 55.3 Å². The van der Waals surface area contributed by atoms with Crippen molar-refractivity contribution in [3.05, 3.63) is 81.1 Å². The second-order valence-electron chi connectivity index (χ2n) is 9.18. The summed E-state index contributed by atoms with van der Waals surface area (Å²) in [6, 6.07) is 6.99. The van der Waals surface area contributed by atoms with Gasteiger partial charge in [0.2, 0.25) is 0 Å². The van der Waals surface area contributed by atoms with Crippen LogP contribution in [0.3, 0.4) is 0 Å². The average Bonchev–Trinajstić information content (AvgIpc) is 2.92. The van der Waals surface area contributed by atoms with E-state index in [2.05, 4.69) is 20.7 Å². The summed E-state index contributed by atoms with van der Waals surface area (Å²) in [7, 11) is 1.11. The number of benzene rings is 3. The molecule has 2 amide bonds. The highest BCUT2D eigenvalue weighted by Crippen LogP contribution is 2.55. The van der Waals surface area contributed by atoms with Crippen LogP contribution in [0.2, 0.25) is 0 Å². The van der Waals surface area contributed by atoms with E-state index in [1.54, 1.807) is 6.92 Å². The van der Waals surface area contributed by atoms with Crippen LogP contribution >= 0.6 is 15.9 Å². The Morgan fingerprint density at radius 1 is 0.956 bits per heavy atom. The van der Waals surface area contributed by atoms with Crippen LogP contribution in [0.5, 0.6) is 11.5 Å². The van der Waals surface area contributed by atoms with Crippen molar-refractivity contribution in [2.75, 3.05) is 23.9 Å². The highest BCUT2D eigenvalue weighted by Gasteiger charge is 2.73. The molecule has 3 aromatic carbocycles. The number of hydrogen-bond acceptors (Lipinski definition) is 4. The molecule has 0 aliphatic carbocycles. The summed E-state index contributed by atoms with van der Waals surface area (Å²) < 4.78 is 143. The maximum Gasteiger partial charge on any atom is 0.435 e. The number of hydrogen-bond donors (Lipinski definition) is 1. The second kappa shape index (κ2) is 13.1. The number of methoxy groups -OCH3 is 1. The van der Waals surface area contributed by atoms with Crippen molar-refractivity contribution in [2.24, 2.45) is 0 Å². The van der Waals surface area contributed by atoms with Gasteiger partial charge in [-0.25, -0.2) is 8.78 Å². The van der Waals surface area contributed by atoms with E-state index in [1.165, 1.54) is 30.0 Å². The third-order valence-corrected chi connectivity index (χ3v) is 7.03. The number of carbonyl (C=O) groups is 2. The number of rotatable bonds is 9. The van der Waals surface area contributed by atoms with Gasteiger partial charge in [0, 0.05) is 22.1 Å². The lowest BCUT2D eigenvalue weighted by Gasteiger charge is -2.31. The van der Waals surface area contributed by atoms with Crippen LogP contribution in [0.15, 0.2) is 53.0 Å². The molecule has 0 saturated carbocycles. The monoisotopic (exact) mass is 718 g/mol. The lowest BCUT2D eigenvalue weighted by molar-refractivity contribution is -0.348. The first-order chi connectivity index (χ1) is 20.8. The number of halogens is 11. The number of nitrogens with zero attached hydrogens (tertiary/aromatic N) is 1. The zero-order valence-electron chi connectivity index (χ0n) is 23.1. The number of para-hydroxylation sites is 1. The summed E-state index contributed by atoms with van der Waals surface area (Å²) in [4.78, 5) is 27.9. The van der Waals surface area contributed by atoms with Gasteiger partial charge in [0.15, 0.2) is 11.5 Å². The van der Waals surface area contributed by atoms with Crippen LogP contribution in [-0.4, -0.2) is 44.4 Å². The molecule has 244 valence electrons. The van der Waals surface area contributed by atoms with Gasteiger partial charge in [0.25, 0.3) is 11.8 Å². The molecule has 6 nitrogen and oxygen atoms in total. The molecule has 45 heavy (non-hydrogen) atoms. The first-order valence-electron chi connectivity index (χ1n) is 12.5. The van der Waals surface area contributed by atoms with E-state index in [-0.39, 0.29) is 41.2 Å². The summed E-state index contributed by atoms with van der Waals surface area (Å²) in [5, 5.41) is 2.04. The van der Waals surface area contributed by atoms with E-state index >= 15 is 0 Å². The Bertz CT molecular complexity index is 1580. The van der Waals surface area contributed by atoms with Gasteiger partial charge in [-0.3, -0.25) is 9.59 Å². The largest absolute Gasteiger partial charge is 0.494 e. The van der Waals surface area contributed by atoms with Crippen molar-refractivity contribution >= 4 is 39.1 Å². The third kappa shape index (κ3) is 6.97. The number of ether oxygens (including phenoxy) is 2. The van der Waals surface area contributed by atoms with Gasteiger partial charge in [-0.05, 0) is 77.8 Å². The highest BCUT2D eigenvalue weighted by molar-refractivity contribution is 9.10. The first-order valence-corrected chi connectivity index (χ1v) is 13.2. The molecule has 0 unspecified atom stereocenters. The van der Waals surface area contributed by atoms with Gasteiger partial charge in [0.05, 0.1) is 24.0 Å². The van der Waals surface area contributed by atoms with Gasteiger partial charge in [-0.1, -0.05) is 6.07 Å². The molecule has 0 atom stereocenters. The number of amides is 2. The summed E-state index contributed by atoms with van der Waals surface area (Å²) in [6.45, 7) is -0.767. The molecular weight excluding hydrogens is 698 g/mol. The predicted octanol–water partition coefficient (Wildman–Crippen LogP) is 8.72. The van der Waals surface area contributed by atoms with E-state index in [4.69, 9.17) is 4.74 Å². The third-order valence-electron chi connectivity index (χ3n) is 6.40. The molecular formula is C28H21BrF10N2O4. The lowest BCUT2D eigenvalue weighted by Crippen LogP contribution is -2.50. The van der Waals surface area contributed by atoms with E-state index in [0.717, 1.165) is 25.3 Å². The Hall–Kier alpha value is -4.02. The van der Waals surface area contributed by atoms with Crippen molar-refractivity contribution in [3.63, 3.8) is 0 Å². The number of nitrogens with one attached hydrogen (secondary N) is 1. The number of carbonyl (C=O) groups excluding carboxylic acids is 2. The molecule has 0 spiro atoms. The lowest BCUT2D eigenvalue weighted by atomic mass is 9.93. The molecule has 0 fully saturated rings. The molecule has 0 aromatic heterocycles. The van der Waals surface area contributed by atoms with Crippen molar-refractivity contribution in [1.29, 1.82) is 0 Å². The molecule has 0 bridgehead atoms. The minimum atomic E-state index is -6.57. The van der Waals surface area contributed by atoms with Gasteiger partial charge in [0.1, 0.15) is 5.82 Å². The summed E-state index contributed by atoms with van der Waals surface area (Å²) >= 11 is 2.60. The zero-order chi connectivity index (χ0) is 34.1. The first kappa shape index (κ1) is 35.5. The quantitative estimate of drug-likeness (QED) is 0.225. The van der Waals surface area contributed by atoms with Gasteiger partial charge in [-0.15, -0.1) is 0 Å². The van der Waals surface area contributed by atoms with Crippen LogP contribution in [0, 0.1) is 12.7 Å². The Morgan fingerprint density at radius 3 is 2.09 bits per heavy atom. The van der Waals surface area contributed by atoms with Gasteiger partial charge < -0.3 is 19.7 Å². The molecule has 0 aliphatic heterocycles. The molecule has 0 heterocycles. The van der Waals surface area contributed by atoms with Gasteiger partial charge >= 0.3 is 24.6 Å². The van der Waals surface area contributed by atoms with Crippen molar-refractivity contribution in [1.82, 2.24) is 0 Å². The smallest absolute Gasteiger partial charge is 0.435 e. The Morgan fingerprint density at radius 2 is 1.58 bits per heavy atom. The Kier molecular flexibility index (Phi) is 10.4. The number of anilines is 2. The second-order valence-corrected chi connectivity index (χ2v) is 10.0. The molecule has 1 N–H and O–H groups in total. The van der Waals surface area contributed by atoms with Crippen LogP contribution < -0.4 is 19.7 Å². The minimum absolute atomic E-state index is 0.000138. The molecule has 0 saturated heterocycles. The normalized spacial score (nSPS) is 12.2. The molecule has 3 aromatic rings. The Balaban J connectivity index is 2.12. The maximum atomic E-state index is 14.7. The van der Waals surface area contributed by atoms with Gasteiger partial charge in [-0.2, -0.15) is 35.1 Å². The van der Waals surface area contributed by atoms with Crippen molar-refractivity contribution in [3.8, 4) is 11.5 Å². The predicted molar refractivity (Wildman–Crippen MR) is 145 cm³/mol. The molecule has 0 aliphatic rings. The molecule has 17 heteroatoms.